The Hall–Kier alpha value is -2.23. The Morgan fingerprint density at radius 3 is 2.70 bits per heavy atom. The monoisotopic (exact) mass is 516 g/mol. The van der Waals surface area contributed by atoms with Crippen LogP contribution in [0.3, 0.4) is 0 Å². The van der Waals surface area contributed by atoms with E-state index in [-0.39, 0.29) is 11.4 Å². The van der Waals surface area contributed by atoms with Gasteiger partial charge in [-0.25, -0.2) is 0 Å². The van der Waals surface area contributed by atoms with Crippen molar-refractivity contribution in [1.82, 2.24) is 14.8 Å². The van der Waals surface area contributed by atoms with Crippen LogP contribution in [0.15, 0.2) is 52.3 Å². The van der Waals surface area contributed by atoms with Crippen molar-refractivity contribution in [3.05, 3.63) is 67.5 Å². The topological polar surface area (TPSA) is 71.9 Å². The molecule has 0 amide bonds. The SMILES string of the molecule is CN(C)C1CCN(Cc2ccc(N=Cc3c(O)[nH]c(=O)c4ccc(I)cc34)cc2)C1. The fourth-order valence-corrected chi connectivity index (χ4v) is 4.39. The molecule has 6 nitrogen and oxygen atoms in total. The second-order valence-corrected chi connectivity index (χ2v) is 9.22. The third kappa shape index (κ3) is 4.58. The largest absolute Gasteiger partial charge is 0.494 e. The molecule has 0 aliphatic carbocycles. The fraction of sp³-hybridized carbons (Fsp3) is 0.304. The zero-order valence-electron chi connectivity index (χ0n) is 17.1. The van der Waals surface area contributed by atoms with Gasteiger partial charge in [0, 0.05) is 46.2 Å². The Morgan fingerprint density at radius 1 is 1.23 bits per heavy atom. The van der Waals surface area contributed by atoms with Crippen LogP contribution in [0.25, 0.3) is 10.8 Å². The first-order chi connectivity index (χ1) is 14.4. The summed E-state index contributed by atoms with van der Waals surface area (Å²) < 4.78 is 0.988. The van der Waals surface area contributed by atoms with Gasteiger partial charge in [-0.3, -0.25) is 19.7 Å². The van der Waals surface area contributed by atoms with Gasteiger partial charge in [0.2, 0.25) is 5.88 Å². The van der Waals surface area contributed by atoms with E-state index in [1.54, 1.807) is 12.3 Å². The molecular formula is C23H25IN4O2. The molecule has 7 heteroatoms. The summed E-state index contributed by atoms with van der Waals surface area (Å²) in [5.41, 5.74) is 2.27. The molecule has 0 radical (unpaired) electrons. The van der Waals surface area contributed by atoms with Crippen molar-refractivity contribution in [3.8, 4) is 5.88 Å². The summed E-state index contributed by atoms with van der Waals surface area (Å²) in [5.74, 6) is -0.167. The zero-order valence-corrected chi connectivity index (χ0v) is 19.3. The van der Waals surface area contributed by atoms with Crippen molar-refractivity contribution in [2.75, 3.05) is 27.2 Å². The average molecular weight is 516 g/mol. The van der Waals surface area contributed by atoms with Gasteiger partial charge in [0.1, 0.15) is 0 Å². The molecule has 1 aliphatic rings. The molecule has 1 unspecified atom stereocenters. The molecule has 1 aromatic heterocycles. The Balaban J connectivity index is 1.52. The molecule has 0 bridgehead atoms. The fourth-order valence-electron chi connectivity index (χ4n) is 3.90. The van der Waals surface area contributed by atoms with E-state index in [0.29, 0.717) is 22.4 Å². The van der Waals surface area contributed by atoms with Crippen molar-refractivity contribution in [2.24, 2.45) is 4.99 Å². The molecule has 4 rings (SSSR count). The minimum atomic E-state index is -0.307. The second-order valence-electron chi connectivity index (χ2n) is 7.97. The second kappa shape index (κ2) is 8.87. The number of pyridine rings is 1. The van der Waals surface area contributed by atoms with Crippen molar-refractivity contribution in [2.45, 2.75) is 19.0 Å². The molecule has 156 valence electrons. The molecule has 2 heterocycles. The molecule has 1 fully saturated rings. The number of hydrogen-bond acceptors (Lipinski definition) is 5. The number of rotatable bonds is 5. The number of halogens is 1. The molecule has 0 spiro atoms. The van der Waals surface area contributed by atoms with E-state index in [0.717, 1.165) is 28.9 Å². The van der Waals surface area contributed by atoms with E-state index in [4.69, 9.17) is 0 Å². The van der Waals surface area contributed by atoms with Crippen LogP contribution < -0.4 is 5.56 Å². The van der Waals surface area contributed by atoms with Crippen molar-refractivity contribution < 1.29 is 5.11 Å². The van der Waals surface area contributed by atoms with Crippen LogP contribution in [-0.4, -0.2) is 59.3 Å². The molecule has 1 aliphatic heterocycles. The summed E-state index contributed by atoms with van der Waals surface area (Å²) in [6, 6.07) is 14.3. The number of fused-ring (bicyclic) bond motifs is 1. The van der Waals surface area contributed by atoms with Gasteiger partial charge in [0.05, 0.1) is 11.3 Å². The van der Waals surface area contributed by atoms with Gasteiger partial charge in [-0.1, -0.05) is 12.1 Å². The van der Waals surface area contributed by atoms with Gasteiger partial charge in [0.25, 0.3) is 5.56 Å². The van der Waals surface area contributed by atoms with Gasteiger partial charge in [-0.15, -0.1) is 0 Å². The Morgan fingerprint density at radius 2 is 2.00 bits per heavy atom. The lowest BCUT2D eigenvalue weighted by molar-refractivity contribution is 0.264. The highest BCUT2D eigenvalue weighted by Crippen LogP contribution is 2.24. The minimum absolute atomic E-state index is 0.167. The number of hydrogen-bond donors (Lipinski definition) is 2. The van der Waals surface area contributed by atoms with E-state index >= 15 is 0 Å². The number of aromatic nitrogens is 1. The zero-order chi connectivity index (χ0) is 21.3. The Labute approximate surface area is 189 Å². The third-order valence-electron chi connectivity index (χ3n) is 5.67. The van der Waals surface area contributed by atoms with Crippen molar-refractivity contribution >= 4 is 45.3 Å². The molecule has 30 heavy (non-hydrogen) atoms. The maximum Gasteiger partial charge on any atom is 0.258 e. The van der Waals surface area contributed by atoms with Gasteiger partial charge in [0.15, 0.2) is 0 Å². The van der Waals surface area contributed by atoms with E-state index in [1.165, 1.54) is 12.0 Å². The molecular weight excluding hydrogens is 491 g/mol. The van der Waals surface area contributed by atoms with Crippen LogP contribution in [0, 0.1) is 3.57 Å². The number of likely N-dealkylation sites (N-methyl/N-ethyl adjacent to an activating group) is 1. The quantitative estimate of drug-likeness (QED) is 0.401. The highest BCUT2D eigenvalue weighted by Gasteiger charge is 2.23. The standard InChI is InChI=1S/C23H25IN4O2/c1-27(2)18-9-10-28(14-18)13-15-3-6-17(7-4-15)25-12-21-20-11-16(24)5-8-19(20)22(29)26-23(21)30/h3-8,11-12,18H,9-10,13-14H2,1-2H3,(H2,26,29,30). The highest BCUT2D eigenvalue weighted by molar-refractivity contribution is 14.1. The molecule has 3 aromatic rings. The van der Waals surface area contributed by atoms with Gasteiger partial charge in [-0.05, 0) is 79.0 Å². The summed E-state index contributed by atoms with van der Waals surface area (Å²) >= 11 is 2.19. The number of aromatic hydroxyl groups is 1. The molecule has 1 saturated heterocycles. The first-order valence-electron chi connectivity index (χ1n) is 9.97. The minimum Gasteiger partial charge on any atom is -0.494 e. The number of H-pyrrole nitrogens is 1. The van der Waals surface area contributed by atoms with Gasteiger partial charge >= 0.3 is 0 Å². The molecule has 2 N–H and O–H groups in total. The van der Waals surface area contributed by atoms with Crippen LogP contribution in [0.2, 0.25) is 0 Å². The third-order valence-corrected chi connectivity index (χ3v) is 6.34. The van der Waals surface area contributed by atoms with Crippen LogP contribution in [-0.2, 0) is 6.54 Å². The summed E-state index contributed by atoms with van der Waals surface area (Å²) in [6.45, 7) is 3.17. The van der Waals surface area contributed by atoms with E-state index in [2.05, 4.69) is 68.6 Å². The van der Waals surface area contributed by atoms with Gasteiger partial charge < -0.3 is 10.0 Å². The molecule has 0 saturated carbocycles. The van der Waals surface area contributed by atoms with E-state index in [1.807, 2.05) is 24.3 Å². The summed E-state index contributed by atoms with van der Waals surface area (Å²) in [6.07, 6.45) is 2.83. The predicted molar refractivity (Wildman–Crippen MR) is 130 cm³/mol. The van der Waals surface area contributed by atoms with Crippen LogP contribution in [0.1, 0.15) is 17.5 Å². The number of nitrogens with zero attached hydrogens (tertiary/aromatic N) is 3. The predicted octanol–water partition coefficient (Wildman–Crippen LogP) is 3.72. The van der Waals surface area contributed by atoms with Gasteiger partial charge in [-0.2, -0.15) is 0 Å². The van der Waals surface area contributed by atoms with Crippen LogP contribution >= 0.6 is 22.6 Å². The number of aliphatic imine (C=N–C) groups is 1. The van der Waals surface area contributed by atoms with Crippen molar-refractivity contribution in [3.63, 3.8) is 0 Å². The van der Waals surface area contributed by atoms with E-state index in [9.17, 15) is 9.90 Å². The lowest BCUT2D eigenvalue weighted by atomic mass is 10.1. The lowest BCUT2D eigenvalue weighted by Crippen LogP contribution is -2.31. The maximum absolute atomic E-state index is 12.1. The maximum atomic E-state index is 12.1. The van der Waals surface area contributed by atoms with Crippen LogP contribution in [0.4, 0.5) is 5.69 Å². The average Bonchev–Trinajstić information content (AvgIpc) is 3.17. The van der Waals surface area contributed by atoms with E-state index < -0.39 is 0 Å². The smallest absolute Gasteiger partial charge is 0.258 e. The number of aromatic amines is 1. The normalized spacial score (nSPS) is 17.5. The highest BCUT2D eigenvalue weighted by atomic mass is 127. The Bertz CT molecular complexity index is 1140. The van der Waals surface area contributed by atoms with Crippen LogP contribution in [0.5, 0.6) is 5.88 Å². The summed E-state index contributed by atoms with van der Waals surface area (Å²) in [5, 5.41) is 11.5. The number of likely N-dealkylation sites (tertiary alicyclic amines) is 1. The Kier molecular flexibility index (Phi) is 6.21. The molecule has 2 aromatic carbocycles. The first-order valence-corrected chi connectivity index (χ1v) is 11.0. The molecule has 1 atom stereocenters. The lowest BCUT2D eigenvalue weighted by Gasteiger charge is -2.20. The van der Waals surface area contributed by atoms with Crippen molar-refractivity contribution in [1.29, 1.82) is 0 Å². The number of nitrogens with one attached hydrogen (secondary N) is 1. The summed E-state index contributed by atoms with van der Waals surface area (Å²) in [7, 11) is 4.29. The number of benzene rings is 2. The summed E-state index contributed by atoms with van der Waals surface area (Å²) in [4.78, 5) is 23.9. The first kappa shape index (κ1) is 21.0.